The fourth-order valence-corrected chi connectivity index (χ4v) is 2.64. The first-order valence-electron chi connectivity index (χ1n) is 6.04. The highest BCUT2D eigenvalue weighted by Gasteiger charge is 2.13. The fraction of sp³-hybridized carbons (Fsp3) is 0.909. The molecule has 0 aliphatic carbocycles. The lowest BCUT2D eigenvalue weighted by Gasteiger charge is -2.19. The molecule has 100 valence electrons. The highest BCUT2D eigenvalue weighted by molar-refractivity contribution is 7.89. The second-order valence-electron chi connectivity index (χ2n) is 4.11. The van der Waals surface area contributed by atoms with Crippen LogP contribution in [0.4, 0.5) is 0 Å². The molecule has 5 nitrogen and oxygen atoms in total. The second-order valence-corrected chi connectivity index (χ2v) is 5.86. The Hall–Kier alpha value is -0.640. The van der Waals surface area contributed by atoms with Crippen molar-refractivity contribution in [2.24, 2.45) is 0 Å². The second kappa shape index (κ2) is 8.45. The van der Waals surface area contributed by atoms with E-state index in [1.165, 1.54) is 0 Å². The minimum Gasteiger partial charge on any atom is -0.304 e. The summed E-state index contributed by atoms with van der Waals surface area (Å²) in [5, 5.41) is 8.35. The van der Waals surface area contributed by atoms with E-state index in [1.807, 2.05) is 6.92 Å². The van der Waals surface area contributed by atoms with Crippen molar-refractivity contribution in [2.75, 3.05) is 25.4 Å². The van der Waals surface area contributed by atoms with Gasteiger partial charge in [0.05, 0.1) is 6.07 Å². The smallest absolute Gasteiger partial charge is 0.225 e. The molecule has 0 saturated carbocycles. The van der Waals surface area contributed by atoms with Gasteiger partial charge in [-0.15, -0.1) is 0 Å². The van der Waals surface area contributed by atoms with Crippen molar-refractivity contribution < 1.29 is 8.42 Å². The Morgan fingerprint density at radius 1 is 1.35 bits per heavy atom. The van der Waals surface area contributed by atoms with Gasteiger partial charge in [-0.05, 0) is 39.4 Å². The minimum atomic E-state index is -3.42. The predicted octanol–water partition coefficient (Wildman–Crippen LogP) is 0.940. The van der Waals surface area contributed by atoms with E-state index < -0.39 is 15.8 Å². The van der Waals surface area contributed by atoms with Gasteiger partial charge in [-0.3, -0.25) is 0 Å². The number of nitrogens with one attached hydrogen (secondary N) is 1. The maximum absolute atomic E-state index is 11.3. The van der Waals surface area contributed by atoms with Gasteiger partial charge < -0.3 is 4.90 Å². The first-order valence-corrected chi connectivity index (χ1v) is 7.69. The van der Waals surface area contributed by atoms with E-state index in [-0.39, 0.29) is 6.04 Å². The van der Waals surface area contributed by atoms with Gasteiger partial charge in [0.15, 0.2) is 5.75 Å². The van der Waals surface area contributed by atoms with Gasteiger partial charge in [0.2, 0.25) is 10.0 Å². The molecule has 0 aromatic heterocycles. The Labute approximate surface area is 105 Å². The first-order chi connectivity index (χ1) is 7.95. The molecule has 0 bridgehead atoms. The molecule has 0 aromatic carbocycles. The van der Waals surface area contributed by atoms with Crippen LogP contribution in [0.15, 0.2) is 0 Å². The van der Waals surface area contributed by atoms with E-state index in [0.29, 0.717) is 0 Å². The van der Waals surface area contributed by atoms with Crippen LogP contribution in [0.25, 0.3) is 0 Å². The summed E-state index contributed by atoms with van der Waals surface area (Å²) in [4.78, 5) is 2.30. The zero-order chi connectivity index (χ0) is 13.3. The Balaban J connectivity index is 3.88. The third-order valence-corrected chi connectivity index (χ3v) is 3.91. The van der Waals surface area contributed by atoms with E-state index in [2.05, 4.69) is 23.5 Å². The van der Waals surface area contributed by atoms with Crippen LogP contribution in [-0.2, 0) is 10.0 Å². The number of rotatable bonds is 9. The SMILES string of the molecule is CCN(CC)CCCC(C)NS(=O)(=O)CC#N. The predicted molar refractivity (Wildman–Crippen MR) is 69.0 cm³/mol. The summed E-state index contributed by atoms with van der Waals surface area (Å²) in [6.45, 7) is 9.08. The molecule has 0 fully saturated rings. The largest absolute Gasteiger partial charge is 0.304 e. The van der Waals surface area contributed by atoms with Gasteiger partial charge in [0.1, 0.15) is 0 Å². The van der Waals surface area contributed by atoms with Crippen molar-refractivity contribution in [2.45, 2.75) is 39.7 Å². The number of nitrogens with zero attached hydrogens (tertiary/aromatic N) is 2. The lowest BCUT2D eigenvalue weighted by atomic mass is 10.2. The molecule has 0 radical (unpaired) electrons. The monoisotopic (exact) mass is 261 g/mol. The van der Waals surface area contributed by atoms with E-state index in [4.69, 9.17) is 5.26 Å². The Bertz CT molecular complexity index is 331. The average Bonchev–Trinajstić information content (AvgIpc) is 2.23. The summed E-state index contributed by atoms with van der Waals surface area (Å²) >= 11 is 0. The van der Waals surface area contributed by atoms with Crippen LogP contribution in [-0.4, -0.2) is 44.7 Å². The van der Waals surface area contributed by atoms with Crippen molar-refractivity contribution in [1.82, 2.24) is 9.62 Å². The molecule has 1 N–H and O–H groups in total. The molecule has 0 aliphatic heterocycles. The standard InChI is InChI=1S/C11H23N3O2S/c1-4-14(5-2)9-6-7-11(3)13-17(15,16)10-8-12/h11,13H,4-7,9-10H2,1-3H3. The van der Waals surface area contributed by atoms with Crippen molar-refractivity contribution in [3.05, 3.63) is 0 Å². The molecule has 0 rings (SSSR count). The summed E-state index contributed by atoms with van der Waals surface area (Å²) in [5.74, 6) is -0.465. The molecule has 0 heterocycles. The molecular weight excluding hydrogens is 238 g/mol. The van der Waals surface area contributed by atoms with Crippen molar-refractivity contribution in [3.8, 4) is 6.07 Å². The Kier molecular flexibility index (Phi) is 8.13. The summed E-state index contributed by atoms with van der Waals surface area (Å²) < 4.78 is 25.1. The normalized spacial score (nSPS) is 13.6. The van der Waals surface area contributed by atoms with Gasteiger partial charge in [0.25, 0.3) is 0 Å². The summed E-state index contributed by atoms with van der Waals surface area (Å²) in [5.41, 5.74) is 0. The van der Waals surface area contributed by atoms with Crippen molar-refractivity contribution in [1.29, 1.82) is 5.26 Å². The molecule has 1 unspecified atom stereocenters. The van der Waals surface area contributed by atoms with Crippen LogP contribution in [0.5, 0.6) is 0 Å². The third kappa shape index (κ3) is 8.13. The van der Waals surface area contributed by atoms with Crippen LogP contribution in [0, 0.1) is 11.3 Å². The van der Waals surface area contributed by atoms with Crippen LogP contribution in [0.3, 0.4) is 0 Å². The first kappa shape index (κ1) is 16.4. The minimum absolute atomic E-state index is 0.107. The Morgan fingerprint density at radius 3 is 2.41 bits per heavy atom. The molecule has 6 heteroatoms. The number of hydrogen-bond acceptors (Lipinski definition) is 4. The van der Waals surface area contributed by atoms with E-state index in [9.17, 15) is 8.42 Å². The molecular formula is C11H23N3O2S. The highest BCUT2D eigenvalue weighted by Crippen LogP contribution is 2.01. The number of nitriles is 1. The quantitative estimate of drug-likeness (QED) is 0.670. The lowest BCUT2D eigenvalue weighted by molar-refractivity contribution is 0.293. The summed E-state index contributed by atoms with van der Waals surface area (Å²) in [6, 6.07) is 1.54. The van der Waals surface area contributed by atoms with Crippen LogP contribution in [0.1, 0.15) is 33.6 Å². The van der Waals surface area contributed by atoms with E-state index >= 15 is 0 Å². The van der Waals surface area contributed by atoms with Crippen LogP contribution < -0.4 is 4.72 Å². The van der Waals surface area contributed by atoms with Gasteiger partial charge >= 0.3 is 0 Å². The summed E-state index contributed by atoms with van der Waals surface area (Å²) in [7, 11) is -3.42. The lowest BCUT2D eigenvalue weighted by Crippen LogP contribution is -2.34. The van der Waals surface area contributed by atoms with Gasteiger partial charge in [0, 0.05) is 6.04 Å². The molecule has 1 atom stereocenters. The highest BCUT2D eigenvalue weighted by atomic mass is 32.2. The Morgan fingerprint density at radius 2 is 1.94 bits per heavy atom. The molecule has 17 heavy (non-hydrogen) atoms. The topological polar surface area (TPSA) is 73.2 Å². The zero-order valence-corrected chi connectivity index (χ0v) is 11.8. The van der Waals surface area contributed by atoms with Crippen molar-refractivity contribution in [3.63, 3.8) is 0 Å². The molecule has 0 aromatic rings. The molecule has 0 spiro atoms. The molecule has 0 aliphatic rings. The third-order valence-electron chi connectivity index (χ3n) is 2.64. The van der Waals surface area contributed by atoms with Gasteiger partial charge in [-0.1, -0.05) is 13.8 Å². The average molecular weight is 261 g/mol. The van der Waals surface area contributed by atoms with Gasteiger partial charge in [-0.2, -0.15) is 5.26 Å². The van der Waals surface area contributed by atoms with E-state index in [1.54, 1.807) is 6.07 Å². The molecule has 0 saturated heterocycles. The summed E-state index contributed by atoms with van der Waals surface area (Å²) in [6.07, 6.45) is 1.75. The van der Waals surface area contributed by atoms with Crippen molar-refractivity contribution >= 4 is 10.0 Å². The molecule has 0 amide bonds. The zero-order valence-electron chi connectivity index (χ0n) is 10.9. The van der Waals surface area contributed by atoms with Gasteiger partial charge in [-0.25, -0.2) is 13.1 Å². The maximum Gasteiger partial charge on any atom is 0.225 e. The fourth-order valence-electron chi connectivity index (χ4n) is 1.65. The van der Waals surface area contributed by atoms with Crippen LogP contribution in [0.2, 0.25) is 0 Å². The number of sulfonamides is 1. The van der Waals surface area contributed by atoms with E-state index in [0.717, 1.165) is 32.5 Å². The number of hydrogen-bond donors (Lipinski definition) is 1. The van der Waals surface area contributed by atoms with Crippen LogP contribution >= 0.6 is 0 Å². The maximum atomic E-state index is 11.3.